The number of rotatable bonds is 6. The van der Waals surface area contributed by atoms with Gasteiger partial charge in [-0.3, -0.25) is 13.9 Å². The van der Waals surface area contributed by atoms with E-state index in [1.165, 1.54) is 55.5 Å². The molecule has 184 valence electrons. The molecule has 2 N–H and O–H groups in total. The lowest BCUT2D eigenvalue weighted by Gasteiger charge is -2.05. The van der Waals surface area contributed by atoms with Crippen LogP contribution >= 0.6 is 0 Å². The molecule has 11 heteroatoms. The van der Waals surface area contributed by atoms with Gasteiger partial charge in [-0.25, -0.2) is 4.42 Å². The van der Waals surface area contributed by atoms with Gasteiger partial charge in [0.2, 0.25) is 0 Å². The zero-order valence-electron chi connectivity index (χ0n) is 18.7. The van der Waals surface area contributed by atoms with Crippen molar-refractivity contribution in [3.63, 3.8) is 0 Å². The molecule has 0 saturated heterocycles. The highest BCUT2D eigenvalue weighted by molar-refractivity contribution is 7.86. The van der Waals surface area contributed by atoms with E-state index in [9.17, 15) is 30.7 Å². The second kappa shape index (κ2) is 9.63. The summed E-state index contributed by atoms with van der Waals surface area (Å²) >= 11 is 0. The summed E-state index contributed by atoms with van der Waals surface area (Å²) in [6.07, 6.45) is 0. The first-order chi connectivity index (χ1) is 16.9. The Bertz CT molecular complexity index is 1550. The maximum Gasteiger partial charge on any atom is 0.361 e. The molecular weight excluding hydrogens is 508 g/mol. The van der Waals surface area contributed by atoms with Gasteiger partial charge in [0, 0.05) is 12.5 Å². The Balaban J connectivity index is 1.83. The van der Waals surface area contributed by atoms with E-state index in [1.807, 2.05) is 0 Å². The molecule has 0 unspecified atom stereocenters. The molecule has 3 aromatic carbocycles. The first-order valence-electron chi connectivity index (χ1n) is 10.3. The SMILES string of the molecule is CC(=O)Oc1ccc(-c2cc(-c3ccc(S(=O)(=O)O)cc3)[o+]c(-c3ccc(S(=O)(=O)O)cc3)c2)cc1. The van der Waals surface area contributed by atoms with Gasteiger partial charge in [-0.1, -0.05) is 12.1 Å². The van der Waals surface area contributed by atoms with Gasteiger partial charge in [0.05, 0.1) is 33.1 Å². The third kappa shape index (κ3) is 5.83. The third-order valence-corrected chi connectivity index (χ3v) is 6.85. The first-order valence-corrected chi connectivity index (χ1v) is 13.2. The molecule has 0 aliphatic carbocycles. The summed E-state index contributed by atoms with van der Waals surface area (Å²) in [6, 6.07) is 21.0. The zero-order chi connectivity index (χ0) is 26.1. The van der Waals surface area contributed by atoms with Gasteiger partial charge in [-0.2, -0.15) is 16.8 Å². The molecule has 0 saturated carbocycles. The van der Waals surface area contributed by atoms with Crippen LogP contribution < -0.4 is 4.74 Å². The van der Waals surface area contributed by atoms with E-state index >= 15 is 0 Å². The summed E-state index contributed by atoms with van der Waals surface area (Å²) in [5.41, 5.74) is 2.46. The zero-order valence-corrected chi connectivity index (χ0v) is 20.3. The molecule has 0 radical (unpaired) electrons. The summed E-state index contributed by atoms with van der Waals surface area (Å²) in [5, 5.41) is 0. The monoisotopic (exact) mass is 527 g/mol. The van der Waals surface area contributed by atoms with Gasteiger partial charge >= 0.3 is 17.5 Å². The van der Waals surface area contributed by atoms with Crippen molar-refractivity contribution in [3.8, 4) is 39.5 Å². The smallest absolute Gasteiger partial charge is 0.361 e. The molecule has 36 heavy (non-hydrogen) atoms. The lowest BCUT2D eigenvalue weighted by atomic mass is 10.0. The van der Waals surface area contributed by atoms with E-state index in [0.29, 0.717) is 34.0 Å². The normalized spacial score (nSPS) is 11.8. The molecule has 0 fully saturated rings. The Morgan fingerprint density at radius 2 is 1.03 bits per heavy atom. The molecule has 4 aromatic rings. The molecule has 9 nitrogen and oxygen atoms in total. The van der Waals surface area contributed by atoms with Crippen LogP contribution in [0.3, 0.4) is 0 Å². The van der Waals surface area contributed by atoms with Crippen LogP contribution in [0.2, 0.25) is 0 Å². The molecule has 0 amide bonds. The Morgan fingerprint density at radius 3 is 1.39 bits per heavy atom. The average Bonchev–Trinajstić information content (AvgIpc) is 2.83. The van der Waals surface area contributed by atoms with Gasteiger partial charge in [0.1, 0.15) is 5.75 Å². The summed E-state index contributed by atoms with van der Waals surface area (Å²) in [5.74, 6) is 0.626. The van der Waals surface area contributed by atoms with E-state index in [2.05, 4.69) is 0 Å². The van der Waals surface area contributed by atoms with E-state index < -0.39 is 26.2 Å². The quantitative estimate of drug-likeness (QED) is 0.153. The van der Waals surface area contributed by atoms with Crippen molar-refractivity contribution >= 4 is 26.2 Å². The molecule has 1 aromatic heterocycles. The number of carbonyl (C=O) groups is 1. The Morgan fingerprint density at radius 1 is 0.639 bits per heavy atom. The molecule has 0 aliphatic heterocycles. The summed E-state index contributed by atoms with van der Waals surface area (Å²) in [4.78, 5) is 10.7. The predicted molar refractivity (Wildman–Crippen MR) is 130 cm³/mol. The van der Waals surface area contributed by atoms with Gasteiger partial charge in [0.25, 0.3) is 20.2 Å². The molecule has 0 spiro atoms. The van der Waals surface area contributed by atoms with Crippen molar-refractivity contribution in [2.24, 2.45) is 0 Å². The van der Waals surface area contributed by atoms with Crippen LogP contribution in [0.4, 0.5) is 0 Å². The minimum atomic E-state index is -4.37. The van der Waals surface area contributed by atoms with Gasteiger partial charge in [-0.05, 0) is 66.2 Å². The number of hydrogen-bond donors (Lipinski definition) is 2. The Hall–Kier alpha value is -3.90. The van der Waals surface area contributed by atoms with Crippen LogP contribution in [0.15, 0.2) is 99.1 Å². The van der Waals surface area contributed by atoms with Crippen LogP contribution in [0, 0.1) is 0 Å². The predicted octanol–water partition coefficient (Wildman–Crippen LogP) is 4.98. The maximum atomic E-state index is 11.4. The van der Waals surface area contributed by atoms with Crippen molar-refractivity contribution in [2.75, 3.05) is 0 Å². The number of hydrogen-bond acceptors (Lipinski definition) is 6. The highest BCUT2D eigenvalue weighted by Gasteiger charge is 2.22. The van der Waals surface area contributed by atoms with E-state index in [4.69, 9.17) is 9.15 Å². The van der Waals surface area contributed by atoms with Crippen LogP contribution in [0.1, 0.15) is 6.92 Å². The second-order valence-corrected chi connectivity index (χ2v) is 10.5. The lowest BCUT2D eigenvalue weighted by Crippen LogP contribution is -2.00. The number of carbonyl (C=O) groups excluding carboxylic acids is 1. The molecule has 0 bridgehead atoms. The van der Waals surface area contributed by atoms with Gasteiger partial charge in [-0.15, -0.1) is 0 Å². The third-order valence-electron chi connectivity index (χ3n) is 5.12. The summed E-state index contributed by atoms with van der Waals surface area (Å²) in [7, 11) is -8.74. The van der Waals surface area contributed by atoms with Crippen molar-refractivity contribution in [1.82, 2.24) is 0 Å². The molecular formula is C25H19O9S2+. The lowest BCUT2D eigenvalue weighted by molar-refractivity contribution is -0.131. The number of esters is 1. The highest BCUT2D eigenvalue weighted by atomic mass is 32.2. The van der Waals surface area contributed by atoms with Crippen molar-refractivity contribution in [3.05, 3.63) is 84.9 Å². The van der Waals surface area contributed by atoms with E-state index in [1.54, 1.807) is 36.4 Å². The average molecular weight is 528 g/mol. The van der Waals surface area contributed by atoms with E-state index in [-0.39, 0.29) is 9.79 Å². The fourth-order valence-corrected chi connectivity index (χ4v) is 4.38. The Kier molecular flexibility index (Phi) is 6.74. The largest absolute Gasteiger partial charge is 0.427 e. The topological polar surface area (TPSA) is 146 Å². The van der Waals surface area contributed by atoms with Crippen molar-refractivity contribution < 1.29 is 39.9 Å². The number of benzene rings is 3. The van der Waals surface area contributed by atoms with Crippen molar-refractivity contribution in [2.45, 2.75) is 16.7 Å². The fraction of sp³-hybridized carbons (Fsp3) is 0.0400. The minimum absolute atomic E-state index is 0.274. The highest BCUT2D eigenvalue weighted by Crippen LogP contribution is 2.34. The second-order valence-electron chi connectivity index (χ2n) is 7.69. The van der Waals surface area contributed by atoms with Crippen molar-refractivity contribution in [1.29, 1.82) is 0 Å². The van der Waals surface area contributed by atoms with Crippen LogP contribution in [0.25, 0.3) is 33.8 Å². The molecule has 0 aliphatic rings. The molecule has 4 rings (SSSR count). The van der Waals surface area contributed by atoms with Gasteiger partial charge < -0.3 is 4.74 Å². The van der Waals surface area contributed by atoms with Crippen LogP contribution in [0.5, 0.6) is 5.75 Å². The summed E-state index contributed by atoms with van der Waals surface area (Å²) in [6.45, 7) is 1.30. The molecule has 1 heterocycles. The van der Waals surface area contributed by atoms with Gasteiger partial charge in [0.15, 0.2) is 0 Å². The van der Waals surface area contributed by atoms with Crippen LogP contribution in [-0.4, -0.2) is 31.9 Å². The first kappa shape index (κ1) is 25.2. The summed E-state index contributed by atoms with van der Waals surface area (Å²) < 4.78 is 75.2. The van der Waals surface area contributed by atoms with E-state index in [0.717, 1.165) is 5.56 Å². The maximum absolute atomic E-state index is 11.4. The minimum Gasteiger partial charge on any atom is -0.427 e. The molecule has 0 atom stereocenters. The standard InChI is InChI=1S/C25H18O9S2/c1-16(26)33-21-8-2-17(3-9-21)20-14-24(18-4-10-22(11-5-18)35(27,28)29)34-25(15-20)19-6-12-23(13-7-19)36(30,31)32/h2-15H,1H3,(H-,27,28,29,30,31,32)/p+1. The van der Waals surface area contributed by atoms with Crippen LogP contribution in [-0.2, 0) is 25.0 Å². The Labute approximate surface area is 207 Å². The fourth-order valence-electron chi connectivity index (χ4n) is 3.42. The number of ether oxygens (including phenoxy) is 1.